The molecule has 2 unspecified atom stereocenters. The Labute approximate surface area is 107 Å². The highest BCUT2D eigenvalue weighted by Crippen LogP contribution is 2.24. The Balaban J connectivity index is 1.89. The normalized spacial score (nSPS) is 21.6. The number of ether oxygens (including phenoxy) is 1. The van der Waals surface area contributed by atoms with E-state index in [-0.39, 0.29) is 6.04 Å². The van der Waals surface area contributed by atoms with Gasteiger partial charge in [0.2, 0.25) is 0 Å². The molecule has 2 atom stereocenters. The van der Waals surface area contributed by atoms with Crippen molar-refractivity contribution in [2.45, 2.75) is 37.8 Å². The Hall–Kier alpha value is -0.610. The zero-order valence-electron chi connectivity index (χ0n) is 9.86. The van der Waals surface area contributed by atoms with Crippen molar-refractivity contribution in [2.24, 2.45) is 5.84 Å². The van der Waals surface area contributed by atoms with Crippen LogP contribution in [0.25, 0.3) is 0 Å². The number of nitrogens with two attached hydrogens (primary N) is 1. The van der Waals surface area contributed by atoms with E-state index in [1.807, 2.05) is 24.3 Å². The Kier molecular flexibility index (Phi) is 4.80. The van der Waals surface area contributed by atoms with E-state index in [1.165, 1.54) is 18.4 Å². The Morgan fingerprint density at radius 1 is 1.41 bits per heavy atom. The van der Waals surface area contributed by atoms with Gasteiger partial charge in [0.1, 0.15) is 0 Å². The predicted molar refractivity (Wildman–Crippen MR) is 69.7 cm³/mol. The van der Waals surface area contributed by atoms with Gasteiger partial charge in [0, 0.05) is 17.7 Å². The van der Waals surface area contributed by atoms with E-state index in [2.05, 4.69) is 5.43 Å². The second-order valence-corrected chi connectivity index (χ2v) is 4.92. The molecular formula is C13H19ClN2O. The van der Waals surface area contributed by atoms with Crippen molar-refractivity contribution in [1.29, 1.82) is 0 Å². The fourth-order valence-corrected chi connectivity index (χ4v) is 2.39. The lowest BCUT2D eigenvalue weighted by atomic mass is 10.00. The average Bonchev–Trinajstić information content (AvgIpc) is 2.85. The van der Waals surface area contributed by atoms with E-state index < -0.39 is 0 Å². The van der Waals surface area contributed by atoms with Gasteiger partial charge >= 0.3 is 0 Å². The third-order valence-corrected chi connectivity index (χ3v) is 3.53. The summed E-state index contributed by atoms with van der Waals surface area (Å²) in [5.41, 5.74) is 4.04. The molecule has 1 aliphatic rings. The fraction of sp³-hybridized carbons (Fsp3) is 0.538. The zero-order valence-corrected chi connectivity index (χ0v) is 10.6. The highest BCUT2D eigenvalue weighted by molar-refractivity contribution is 6.30. The van der Waals surface area contributed by atoms with Gasteiger partial charge in [-0.2, -0.15) is 0 Å². The van der Waals surface area contributed by atoms with Crippen LogP contribution >= 0.6 is 11.6 Å². The van der Waals surface area contributed by atoms with Crippen LogP contribution in [0.15, 0.2) is 24.3 Å². The summed E-state index contributed by atoms with van der Waals surface area (Å²) in [6.07, 6.45) is 4.82. The lowest BCUT2D eigenvalue weighted by Crippen LogP contribution is -2.28. The SMILES string of the molecule is NNC(CCC1CCCO1)c1ccc(Cl)cc1. The third kappa shape index (κ3) is 3.68. The van der Waals surface area contributed by atoms with Crippen LogP contribution in [0.1, 0.15) is 37.3 Å². The first-order chi connectivity index (χ1) is 8.29. The molecule has 17 heavy (non-hydrogen) atoms. The van der Waals surface area contributed by atoms with Gasteiger partial charge in [-0.3, -0.25) is 11.3 Å². The first-order valence-electron chi connectivity index (χ1n) is 6.13. The van der Waals surface area contributed by atoms with E-state index in [0.717, 1.165) is 24.5 Å². The molecule has 1 aliphatic heterocycles. The molecule has 0 spiro atoms. The summed E-state index contributed by atoms with van der Waals surface area (Å²) in [5, 5.41) is 0.753. The van der Waals surface area contributed by atoms with Crippen LogP contribution in [-0.2, 0) is 4.74 Å². The quantitative estimate of drug-likeness (QED) is 0.628. The molecular weight excluding hydrogens is 236 g/mol. The van der Waals surface area contributed by atoms with Crippen molar-refractivity contribution in [3.05, 3.63) is 34.9 Å². The van der Waals surface area contributed by atoms with Crippen LogP contribution in [0.3, 0.4) is 0 Å². The molecule has 0 radical (unpaired) electrons. The van der Waals surface area contributed by atoms with Gasteiger partial charge in [-0.25, -0.2) is 0 Å². The number of benzene rings is 1. The van der Waals surface area contributed by atoms with Gasteiger partial charge in [-0.15, -0.1) is 0 Å². The third-order valence-electron chi connectivity index (χ3n) is 3.27. The average molecular weight is 255 g/mol. The molecule has 0 aromatic heterocycles. The van der Waals surface area contributed by atoms with Gasteiger partial charge < -0.3 is 4.74 Å². The van der Waals surface area contributed by atoms with Crippen LogP contribution in [0, 0.1) is 0 Å². The molecule has 1 aromatic rings. The first-order valence-corrected chi connectivity index (χ1v) is 6.50. The van der Waals surface area contributed by atoms with Crippen LogP contribution in [0.4, 0.5) is 0 Å². The van der Waals surface area contributed by atoms with Gasteiger partial charge in [-0.1, -0.05) is 23.7 Å². The highest BCUT2D eigenvalue weighted by Gasteiger charge is 2.18. The van der Waals surface area contributed by atoms with Crippen molar-refractivity contribution in [3.63, 3.8) is 0 Å². The van der Waals surface area contributed by atoms with Crippen molar-refractivity contribution in [1.82, 2.24) is 5.43 Å². The number of hydrogen-bond donors (Lipinski definition) is 2. The number of halogens is 1. The molecule has 0 amide bonds. The minimum absolute atomic E-state index is 0.177. The monoisotopic (exact) mass is 254 g/mol. The molecule has 1 aromatic carbocycles. The predicted octanol–water partition coefficient (Wildman–Crippen LogP) is 2.80. The molecule has 4 heteroatoms. The lowest BCUT2D eigenvalue weighted by molar-refractivity contribution is 0.0996. The van der Waals surface area contributed by atoms with E-state index in [9.17, 15) is 0 Å². The van der Waals surface area contributed by atoms with E-state index in [4.69, 9.17) is 22.2 Å². The Bertz CT molecular complexity index is 336. The van der Waals surface area contributed by atoms with Crippen molar-refractivity contribution in [3.8, 4) is 0 Å². The highest BCUT2D eigenvalue weighted by atomic mass is 35.5. The molecule has 1 saturated heterocycles. The molecule has 1 heterocycles. The molecule has 3 nitrogen and oxygen atoms in total. The van der Waals surface area contributed by atoms with E-state index in [1.54, 1.807) is 0 Å². The maximum Gasteiger partial charge on any atom is 0.0576 e. The van der Waals surface area contributed by atoms with Crippen molar-refractivity contribution < 1.29 is 4.74 Å². The summed E-state index contributed by atoms with van der Waals surface area (Å²) in [5.74, 6) is 5.60. The van der Waals surface area contributed by atoms with Crippen LogP contribution in [-0.4, -0.2) is 12.7 Å². The largest absolute Gasteiger partial charge is 0.378 e. The summed E-state index contributed by atoms with van der Waals surface area (Å²) in [7, 11) is 0. The van der Waals surface area contributed by atoms with Crippen molar-refractivity contribution >= 4 is 11.6 Å². The van der Waals surface area contributed by atoms with Crippen LogP contribution in [0.5, 0.6) is 0 Å². The maximum atomic E-state index is 5.87. The molecule has 1 fully saturated rings. The number of hydrogen-bond acceptors (Lipinski definition) is 3. The second-order valence-electron chi connectivity index (χ2n) is 4.48. The van der Waals surface area contributed by atoms with Gasteiger partial charge in [0.25, 0.3) is 0 Å². The molecule has 3 N–H and O–H groups in total. The standard InChI is InChI=1S/C13H19ClN2O/c14-11-5-3-10(4-6-11)13(16-15)8-7-12-2-1-9-17-12/h3-6,12-13,16H,1-2,7-9,15H2. The van der Waals surface area contributed by atoms with Crippen LogP contribution in [0.2, 0.25) is 5.02 Å². The fourth-order valence-electron chi connectivity index (χ4n) is 2.27. The van der Waals surface area contributed by atoms with E-state index >= 15 is 0 Å². The lowest BCUT2D eigenvalue weighted by Gasteiger charge is -2.18. The number of hydrazine groups is 1. The Morgan fingerprint density at radius 3 is 2.76 bits per heavy atom. The van der Waals surface area contributed by atoms with Gasteiger partial charge in [-0.05, 0) is 43.4 Å². The van der Waals surface area contributed by atoms with E-state index in [0.29, 0.717) is 6.10 Å². The molecule has 0 aliphatic carbocycles. The smallest absolute Gasteiger partial charge is 0.0576 e. The number of rotatable bonds is 5. The van der Waals surface area contributed by atoms with Gasteiger partial charge in [0.05, 0.1) is 6.10 Å². The minimum Gasteiger partial charge on any atom is -0.378 e. The van der Waals surface area contributed by atoms with Crippen LogP contribution < -0.4 is 11.3 Å². The summed E-state index contributed by atoms with van der Waals surface area (Å²) >= 11 is 5.87. The summed E-state index contributed by atoms with van der Waals surface area (Å²) in [6, 6.07) is 8.00. The first kappa shape index (κ1) is 12.8. The topological polar surface area (TPSA) is 47.3 Å². The zero-order chi connectivity index (χ0) is 12.1. The second kappa shape index (κ2) is 6.36. The van der Waals surface area contributed by atoms with Crippen molar-refractivity contribution in [2.75, 3.05) is 6.61 Å². The molecule has 94 valence electrons. The number of nitrogens with one attached hydrogen (secondary N) is 1. The maximum absolute atomic E-state index is 5.87. The molecule has 0 saturated carbocycles. The Morgan fingerprint density at radius 2 is 2.18 bits per heavy atom. The molecule has 2 rings (SSSR count). The summed E-state index contributed by atoms with van der Waals surface area (Å²) in [4.78, 5) is 0. The minimum atomic E-state index is 0.177. The molecule has 0 bridgehead atoms. The summed E-state index contributed by atoms with van der Waals surface area (Å²) in [6.45, 7) is 0.909. The summed E-state index contributed by atoms with van der Waals surface area (Å²) < 4.78 is 5.61. The van der Waals surface area contributed by atoms with Gasteiger partial charge in [0.15, 0.2) is 0 Å².